The van der Waals surface area contributed by atoms with Gasteiger partial charge >= 0.3 is 5.97 Å². The van der Waals surface area contributed by atoms with Crippen molar-refractivity contribution in [1.82, 2.24) is 10.0 Å². The highest BCUT2D eigenvalue weighted by Crippen LogP contribution is 2.25. The van der Waals surface area contributed by atoms with E-state index < -0.39 is 18.4 Å². The number of hydrogen-bond donors (Lipinski definition) is 2. The number of carboxylic acids is 1. The number of nitrogens with two attached hydrogens (primary N) is 1. The highest BCUT2D eigenvalue weighted by atomic mass is 19.1. The molecule has 2 amide bonds. The van der Waals surface area contributed by atoms with E-state index >= 15 is 0 Å². The first kappa shape index (κ1) is 21.3. The number of rotatable bonds is 7. The van der Waals surface area contributed by atoms with Crippen LogP contribution in [0.4, 0.5) is 10.1 Å². The van der Waals surface area contributed by atoms with E-state index in [1.54, 1.807) is 37.2 Å². The van der Waals surface area contributed by atoms with E-state index in [9.17, 15) is 23.9 Å². The number of likely N-dealkylation sites (N-methyl/N-ethyl adjacent to an activating group) is 1. The van der Waals surface area contributed by atoms with Crippen LogP contribution in [0.2, 0.25) is 0 Å². The molecule has 30 heavy (non-hydrogen) atoms. The smallest absolute Gasteiger partial charge is 0.323 e. The summed E-state index contributed by atoms with van der Waals surface area (Å²) in [5.41, 5.74) is 8.46. The molecule has 3 N–H and O–H groups in total. The first-order valence-electron chi connectivity index (χ1n) is 9.31. The largest absolute Gasteiger partial charge is 0.480 e. The van der Waals surface area contributed by atoms with E-state index in [4.69, 9.17) is 5.73 Å². The molecule has 0 aromatic heterocycles. The Morgan fingerprint density at radius 3 is 2.47 bits per heavy atom. The van der Waals surface area contributed by atoms with Gasteiger partial charge in [0, 0.05) is 31.4 Å². The Bertz CT molecular complexity index is 1010. The third kappa shape index (κ3) is 4.57. The maximum absolute atomic E-state index is 13.5. The maximum Gasteiger partial charge on any atom is 0.323 e. The number of halogens is 1. The van der Waals surface area contributed by atoms with Gasteiger partial charge < -0.3 is 15.7 Å². The Hall–Kier alpha value is -3.46. The zero-order chi connectivity index (χ0) is 22.0. The van der Waals surface area contributed by atoms with Crippen LogP contribution in [0.3, 0.4) is 0 Å². The van der Waals surface area contributed by atoms with Crippen LogP contribution >= 0.6 is 0 Å². The van der Waals surface area contributed by atoms with E-state index in [-0.39, 0.29) is 23.8 Å². The Morgan fingerprint density at radius 2 is 1.80 bits per heavy atom. The summed E-state index contributed by atoms with van der Waals surface area (Å²) in [6.45, 7) is 1.95. The third-order valence-corrected chi connectivity index (χ3v) is 5.15. The molecule has 2 aromatic carbocycles. The number of primary amides is 1. The van der Waals surface area contributed by atoms with Crippen LogP contribution < -0.4 is 10.6 Å². The van der Waals surface area contributed by atoms with Crippen molar-refractivity contribution in [2.45, 2.75) is 20.0 Å². The van der Waals surface area contributed by atoms with Crippen molar-refractivity contribution in [2.24, 2.45) is 5.73 Å². The summed E-state index contributed by atoms with van der Waals surface area (Å²) in [6, 6.07) is 9.22. The lowest BCUT2D eigenvalue weighted by Gasteiger charge is -2.31. The van der Waals surface area contributed by atoms with Crippen LogP contribution in [-0.4, -0.2) is 53.0 Å². The predicted molar refractivity (Wildman–Crippen MR) is 108 cm³/mol. The van der Waals surface area contributed by atoms with Gasteiger partial charge in [0.05, 0.1) is 6.54 Å². The van der Waals surface area contributed by atoms with Gasteiger partial charge in [-0.25, -0.2) is 9.40 Å². The molecule has 8 nitrogen and oxygen atoms in total. The van der Waals surface area contributed by atoms with Crippen LogP contribution in [0.5, 0.6) is 0 Å². The highest BCUT2D eigenvalue weighted by Gasteiger charge is 2.27. The summed E-state index contributed by atoms with van der Waals surface area (Å²) in [4.78, 5) is 37.2. The summed E-state index contributed by atoms with van der Waals surface area (Å²) in [5.74, 6) is -2.43. The Kier molecular flexibility index (Phi) is 6.02. The average molecular weight is 414 g/mol. The van der Waals surface area contributed by atoms with Crippen LogP contribution in [0.15, 0.2) is 36.4 Å². The molecular formula is C21H23FN4O4. The fourth-order valence-electron chi connectivity index (χ4n) is 3.47. The summed E-state index contributed by atoms with van der Waals surface area (Å²) in [6.07, 6.45) is 0. The molecule has 0 spiro atoms. The molecule has 1 aliphatic rings. The van der Waals surface area contributed by atoms with Crippen molar-refractivity contribution in [3.8, 4) is 0 Å². The molecule has 1 aliphatic heterocycles. The van der Waals surface area contributed by atoms with Gasteiger partial charge in [0.15, 0.2) is 0 Å². The standard InChI is InChI=1S/C21H23FN4O4/c1-13-3-4-14(21(23)30)8-18(13)25(12-20(28)29)11-19(27)24(2)26-9-15-5-6-17(22)7-16(15)10-26/h3-8H,9-12H2,1-2H3,(H2,23,30)(H,28,29). The van der Waals surface area contributed by atoms with E-state index in [0.717, 1.165) is 11.1 Å². The molecule has 2 aromatic rings. The van der Waals surface area contributed by atoms with Gasteiger partial charge in [-0.2, -0.15) is 0 Å². The number of anilines is 1. The normalized spacial score (nSPS) is 13.0. The van der Waals surface area contributed by atoms with Gasteiger partial charge in [0.25, 0.3) is 5.91 Å². The molecule has 0 bridgehead atoms. The second-order valence-electron chi connectivity index (χ2n) is 7.27. The summed E-state index contributed by atoms with van der Waals surface area (Å²) >= 11 is 0. The molecule has 3 rings (SSSR count). The highest BCUT2D eigenvalue weighted by molar-refractivity contribution is 5.94. The lowest BCUT2D eigenvalue weighted by atomic mass is 10.1. The van der Waals surface area contributed by atoms with E-state index in [1.807, 2.05) is 0 Å². The number of carbonyl (C=O) groups excluding carboxylic acids is 2. The number of carbonyl (C=O) groups is 3. The van der Waals surface area contributed by atoms with Crippen molar-refractivity contribution >= 4 is 23.5 Å². The van der Waals surface area contributed by atoms with Gasteiger partial charge in [-0.3, -0.25) is 19.4 Å². The molecule has 0 unspecified atom stereocenters. The van der Waals surface area contributed by atoms with Gasteiger partial charge in [0.1, 0.15) is 12.4 Å². The average Bonchev–Trinajstić information content (AvgIpc) is 3.09. The number of fused-ring (bicyclic) bond motifs is 1. The molecule has 1 heterocycles. The van der Waals surface area contributed by atoms with Crippen LogP contribution in [0.1, 0.15) is 27.0 Å². The van der Waals surface area contributed by atoms with Crippen LogP contribution in [-0.2, 0) is 22.7 Å². The van der Waals surface area contributed by atoms with Gasteiger partial charge in [-0.15, -0.1) is 0 Å². The number of aryl methyl sites for hydroxylation is 1. The van der Waals surface area contributed by atoms with E-state index in [2.05, 4.69) is 0 Å². The SMILES string of the molecule is Cc1ccc(C(N)=O)cc1N(CC(=O)O)CC(=O)N(C)N1Cc2ccc(F)cc2C1. The molecule has 0 saturated heterocycles. The number of hydrazine groups is 1. The molecule has 9 heteroatoms. The van der Waals surface area contributed by atoms with Crippen LogP contribution in [0.25, 0.3) is 0 Å². The number of amides is 2. The van der Waals surface area contributed by atoms with Gasteiger partial charge in [-0.05, 0) is 47.9 Å². The molecule has 0 aliphatic carbocycles. The minimum Gasteiger partial charge on any atom is -0.480 e. The molecule has 0 fully saturated rings. The molecule has 0 radical (unpaired) electrons. The fraction of sp³-hybridized carbons (Fsp3) is 0.286. The Balaban J connectivity index is 1.78. The van der Waals surface area contributed by atoms with Gasteiger partial charge in [-0.1, -0.05) is 12.1 Å². The van der Waals surface area contributed by atoms with Crippen molar-refractivity contribution in [3.63, 3.8) is 0 Å². The van der Waals surface area contributed by atoms with Crippen molar-refractivity contribution < 1.29 is 23.9 Å². The molecular weight excluding hydrogens is 391 g/mol. The zero-order valence-electron chi connectivity index (χ0n) is 16.8. The molecule has 0 saturated carbocycles. The summed E-state index contributed by atoms with van der Waals surface area (Å²) < 4.78 is 13.5. The Labute approximate surface area is 173 Å². The van der Waals surface area contributed by atoms with E-state index in [0.29, 0.717) is 24.3 Å². The lowest BCUT2D eigenvalue weighted by Crippen LogP contribution is -2.47. The number of hydrogen-bond acceptors (Lipinski definition) is 5. The maximum atomic E-state index is 13.5. The summed E-state index contributed by atoms with van der Waals surface area (Å²) in [7, 11) is 1.59. The van der Waals surface area contributed by atoms with Crippen molar-refractivity contribution in [1.29, 1.82) is 0 Å². The zero-order valence-corrected chi connectivity index (χ0v) is 16.8. The van der Waals surface area contributed by atoms with Crippen molar-refractivity contribution in [3.05, 3.63) is 64.5 Å². The second kappa shape index (κ2) is 8.50. The fourth-order valence-corrected chi connectivity index (χ4v) is 3.47. The first-order valence-corrected chi connectivity index (χ1v) is 9.31. The minimum atomic E-state index is -1.11. The molecule has 0 atom stereocenters. The van der Waals surface area contributed by atoms with Crippen molar-refractivity contribution in [2.75, 3.05) is 25.0 Å². The van der Waals surface area contributed by atoms with Gasteiger partial charge in [0.2, 0.25) is 5.91 Å². The summed E-state index contributed by atoms with van der Waals surface area (Å²) in [5, 5.41) is 12.5. The second-order valence-corrected chi connectivity index (χ2v) is 7.27. The first-order chi connectivity index (χ1) is 14.2. The monoisotopic (exact) mass is 414 g/mol. The minimum absolute atomic E-state index is 0.215. The number of aliphatic carboxylic acids is 1. The number of nitrogens with zero attached hydrogens (tertiary/aromatic N) is 3. The quantitative estimate of drug-likeness (QED) is 0.711. The van der Waals surface area contributed by atoms with E-state index in [1.165, 1.54) is 28.1 Å². The number of benzene rings is 2. The third-order valence-electron chi connectivity index (χ3n) is 5.15. The van der Waals surface area contributed by atoms with Crippen LogP contribution in [0, 0.1) is 12.7 Å². The number of carboxylic acid groups (broad SMARTS) is 1. The topological polar surface area (TPSA) is 107 Å². The predicted octanol–water partition coefficient (Wildman–Crippen LogP) is 1.51. The lowest BCUT2D eigenvalue weighted by molar-refractivity contribution is -0.145. The molecule has 158 valence electrons. The Morgan fingerprint density at radius 1 is 1.10 bits per heavy atom.